The standard InChI is InChI=1S/C18H18N4OS2/c1-13(16(23)20-15-10-6-3-7-11-15)24-18-22-21-17(25-18)19-12-14-8-4-2-5-9-14/h2-11,13H,12H2,1H3,(H,19,21)(H,20,23)/t13-/m0/s1. The first-order valence-corrected chi connectivity index (χ1v) is 9.54. The highest BCUT2D eigenvalue weighted by atomic mass is 32.2. The first-order chi connectivity index (χ1) is 12.2. The van der Waals surface area contributed by atoms with Crippen molar-refractivity contribution in [1.29, 1.82) is 0 Å². The molecule has 3 aromatic rings. The number of hydrogen-bond acceptors (Lipinski definition) is 6. The maximum absolute atomic E-state index is 12.2. The molecule has 5 nitrogen and oxygen atoms in total. The summed E-state index contributed by atoms with van der Waals surface area (Å²) in [7, 11) is 0. The molecule has 1 amide bonds. The molecule has 2 N–H and O–H groups in total. The number of aromatic nitrogens is 2. The smallest absolute Gasteiger partial charge is 0.237 e. The Balaban J connectivity index is 1.51. The van der Waals surface area contributed by atoms with E-state index in [0.717, 1.165) is 15.2 Å². The normalized spacial score (nSPS) is 11.7. The van der Waals surface area contributed by atoms with E-state index >= 15 is 0 Å². The molecule has 0 radical (unpaired) electrons. The van der Waals surface area contributed by atoms with Crippen LogP contribution in [0, 0.1) is 0 Å². The van der Waals surface area contributed by atoms with Gasteiger partial charge in [-0.1, -0.05) is 71.6 Å². The van der Waals surface area contributed by atoms with Crippen LogP contribution in [0.1, 0.15) is 12.5 Å². The summed E-state index contributed by atoms with van der Waals surface area (Å²) < 4.78 is 0.770. The van der Waals surface area contributed by atoms with Crippen molar-refractivity contribution in [2.75, 3.05) is 10.6 Å². The Kier molecular flexibility index (Phi) is 6.03. The van der Waals surface area contributed by atoms with Crippen molar-refractivity contribution in [3.63, 3.8) is 0 Å². The Morgan fingerprint density at radius 3 is 2.48 bits per heavy atom. The van der Waals surface area contributed by atoms with Gasteiger partial charge >= 0.3 is 0 Å². The Bertz CT molecular complexity index is 808. The third-order valence-corrected chi connectivity index (χ3v) is 5.45. The van der Waals surface area contributed by atoms with E-state index in [1.54, 1.807) is 0 Å². The topological polar surface area (TPSA) is 66.9 Å². The number of hydrogen-bond donors (Lipinski definition) is 2. The lowest BCUT2D eigenvalue weighted by molar-refractivity contribution is -0.115. The molecule has 0 spiro atoms. The summed E-state index contributed by atoms with van der Waals surface area (Å²) in [4.78, 5) is 12.2. The van der Waals surface area contributed by atoms with Gasteiger partial charge in [-0.2, -0.15) is 0 Å². The van der Waals surface area contributed by atoms with Gasteiger partial charge in [0.15, 0.2) is 4.34 Å². The van der Waals surface area contributed by atoms with Gasteiger partial charge in [0, 0.05) is 12.2 Å². The number of carbonyl (C=O) groups is 1. The molecule has 128 valence electrons. The van der Waals surface area contributed by atoms with Crippen LogP contribution in [0.4, 0.5) is 10.8 Å². The summed E-state index contributed by atoms with van der Waals surface area (Å²) in [5, 5.41) is 14.9. The fraction of sp³-hybridized carbons (Fsp3) is 0.167. The second-order valence-electron chi connectivity index (χ2n) is 5.33. The van der Waals surface area contributed by atoms with Crippen LogP contribution in [0.5, 0.6) is 0 Å². The Hall–Kier alpha value is -2.38. The summed E-state index contributed by atoms with van der Waals surface area (Å²) in [6.45, 7) is 2.56. The van der Waals surface area contributed by atoms with Gasteiger partial charge in [0.1, 0.15) is 0 Å². The third-order valence-electron chi connectivity index (χ3n) is 3.38. The number of para-hydroxylation sites is 1. The van der Waals surface area contributed by atoms with Crippen molar-refractivity contribution < 1.29 is 4.79 Å². The zero-order chi connectivity index (χ0) is 17.5. The van der Waals surface area contributed by atoms with Gasteiger partial charge in [-0.05, 0) is 24.6 Å². The monoisotopic (exact) mass is 370 g/mol. The SMILES string of the molecule is C[C@H](Sc1nnc(NCc2ccccc2)s1)C(=O)Nc1ccccc1. The van der Waals surface area contributed by atoms with Gasteiger partial charge < -0.3 is 10.6 Å². The minimum absolute atomic E-state index is 0.0507. The summed E-state index contributed by atoms with van der Waals surface area (Å²) in [6, 6.07) is 19.5. The average molecular weight is 371 g/mol. The number of rotatable bonds is 7. The van der Waals surface area contributed by atoms with Crippen LogP contribution < -0.4 is 10.6 Å². The minimum Gasteiger partial charge on any atom is -0.356 e. The number of carbonyl (C=O) groups excluding carboxylic acids is 1. The maximum Gasteiger partial charge on any atom is 0.237 e. The number of amides is 1. The van der Waals surface area contributed by atoms with E-state index in [0.29, 0.717) is 6.54 Å². The maximum atomic E-state index is 12.2. The molecule has 0 aliphatic heterocycles. The molecular weight excluding hydrogens is 352 g/mol. The van der Waals surface area contributed by atoms with E-state index in [9.17, 15) is 4.79 Å². The fourth-order valence-electron chi connectivity index (χ4n) is 2.07. The second-order valence-corrected chi connectivity index (χ2v) is 7.89. The van der Waals surface area contributed by atoms with E-state index in [2.05, 4.69) is 33.0 Å². The highest BCUT2D eigenvalue weighted by Gasteiger charge is 2.17. The Labute approximate surface area is 154 Å². The number of nitrogens with one attached hydrogen (secondary N) is 2. The number of anilines is 2. The van der Waals surface area contributed by atoms with Crippen LogP contribution in [0.25, 0.3) is 0 Å². The molecule has 0 bridgehead atoms. The second kappa shape index (κ2) is 8.64. The summed E-state index contributed by atoms with van der Waals surface area (Å²) >= 11 is 2.86. The first-order valence-electron chi connectivity index (χ1n) is 7.84. The average Bonchev–Trinajstić information content (AvgIpc) is 3.09. The predicted molar refractivity (Wildman–Crippen MR) is 104 cm³/mol. The molecule has 0 fully saturated rings. The van der Waals surface area contributed by atoms with E-state index in [1.807, 2.05) is 55.5 Å². The fourth-order valence-corrected chi connectivity index (χ4v) is 3.96. The van der Waals surface area contributed by atoms with Crippen molar-refractivity contribution >= 4 is 39.8 Å². The van der Waals surface area contributed by atoms with Crippen LogP contribution in [-0.4, -0.2) is 21.4 Å². The lowest BCUT2D eigenvalue weighted by Gasteiger charge is -2.09. The molecule has 0 saturated heterocycles. The molecule has 7 heteroatoms. The molecule has 0 aliphatic carbocycles. The molecule has 25 heavy (non-hydrogen) atoms. The van der Waals surface area contributed by atoms with E-state index < -0.39 is 0 Å². The van der Waals surface area contributed by atoms with Gasteiger partial charge in [-0.3, -0.25) is 4.79 Å². The van der Waals surface area contributed by atoms with Crippen LogP contribution in [0.15, 0.2) is 65.0 Å². The zero-order valence-corrected chi connectivity index (χ0v) is 15.3. The molecule has 0 saturated carbocycles. The zero-order valence-electron chi connectivity index (χ0n) is 13.7. The van der Waals surface area contributed by atoms with Crippen molar-refractivity contribution in [2.24, 2.45) is 0 Å². The molecule has 2 aromatic carbocycles. The van der Waals surface area contributed by atoms with Crippen LogP contribution in [-0.2, 0) is 11.3 Å². The molecular formula is C18H18N4OS2. The number of nitrogens with zero attached hydrogens (tertiary/aromatic N) is 2. The van der Waals surface area contributed by atoms with Crippen molar-refractivity contribution in [1.82, 2.24) is 10.2 Å². The van der Waals surface area contributed by atoms with E-state index in [1.165, 1.54) is 28.7 Å². The molecule has 1 aromatic heterocycles. The predicted octanol–water partition coefficient (Wildman–Crippen LogP) is 4.27. The van der Waals surface area contributed by atoms with Gasteiger partial charge in [0.25, 0.3) is 0 Å². The van der Waals surface area contributed by atoms with Gasteiger partial charge in [0.05, 0.1) is 5.25 Å². The molecule has 0 aliphatic rings. The minimum atomic E-state index is -0.255. The van der Waals surface area contributed by atoms with Gasteiger partial charge in [-0.25, -0.2) is 0 Å². The molecule has 1 heterocycles. The number of thioether (sulfide) groups is 1. The largest absolute Gasteiger partial charge is 0.356 e. The molecule has 0 unspecified atom stereocenters. The Morgan fingerprint density at radius 1 is 1.08 bits per heavy atom. The van der Waals surface area contributed by atoms with Crippen LogP contribution in [0.3, 0.4) is 0 Å². The third kappa shape index (κ3) is 5.30. The summed E-state index contributed by atoms with van der Waals surface area (Å²) in [5.74, 6) is -0.0507. The quantitative estimate of drug-likeness (QED) is 0.608. The first kappa shape index (κ1) is 17.4. The highest BCUT2D eigenvalue weighted by molar-refractivity contribution is 8.02. The van der Waals surface area contributed by atoms with Gasteiger partial charge in [0.2, 0.25) is 11.0 Å². The van der Waals surface area contributed by atoms with Crippen molar-refractivity contribution in [3.8, 4) is 0 Å². The molecule has 3 rings (SSSR count). The van der Waals surface area contributed by atoms with Crippen LogP contribution >= 0.6 is 23.1 Å². The summed E-state index contributed by atoms with van der Waals surface area (Å²) in [6.07, 6.45) is 0. The lowest BCUT2D eigenvalue weighted by atomic mass is 10.2. The number of benzene rings is 2. The highest BCUT2D eigenvalue weighted by Crippen LogP contribution is 2.29. The van der Waals surface area contributed by atoms with Crippen LogP contribution in [0.2, 0.25) is 0 Å². The van der Waals surface area contributed by atoms with Gasteiger partial charge in [-0.15, -0.1) is 10.2 Å². The molecule has 1 atom stereocenters. The summed E-state index contributed by atoms with van der Waals surface area (Å²) in [5.41, 5.74) is 1.98. The van der Waals surface area contributed by atoms with Crippen molar-refractivity contribution in [3.05, 3.63) is 66.2 Å². The van der Waals surface area contributed by atoms with E-state index in [-0.39, 0.29) is 11.2 Å². The lowest BCUT2D eigenvalue weighted by Crippen LogP contribution is -2.22. The van der Waals surface area contributed by atoms with E-state index in [4.69, 9.17) is 0 Å². The van der Waals surface area contributed by atoms with Crippen molar-refractivity contribution in [2.45, 2.75) is 23.1 Å². The Morgan fingerprint density at radius 2 is 1.76 bits per heavy atom.